The van der Waals surface area contributed by atoms with E-state index in [9.17, 15) is 8.78 Å². The minimum atomic E-state index is -0.782. The molecule has 2 nitrogen and oxygen atoms in total. The van der Waals surface area contributed by atoms with Crippen molar-refractivity contribution in [3.8, 4) is 0 Å². The Morgan fingerprint density at radius 2 is 1.91 bits per heavy atom. The van der Waals surface area contributed by atoms with Crippen LogP contribution in [0.4, 0.5) is 8.78 Å². The zero-order valence-corrected chi connectivity index (χ0v) is 12.1. The molecule has 4 heteroatoms. The summed E-state index contributed by atoms with van der Waals surface area (Å²) in [6.07, 6.45) is 1.01. The van der Waals surface area contributed by atoms with E-state index >= 15 is 0 Å². The highest BCUT2D eigenvalue weighted by Gasteiger charge is 2.23. The number of quaternary nitrogens is 1. The molecular weight excluding hydrogens is 282 g/mol. The van der Waals surface area contributed by atoms with Crippen molar-refractivity contribution in [1.82, 2.24) is 4.98 Å². The molecule has 0 bridgehead atoms. The highest BCUT2D eigenvalue weighted by Crippen LogP contribution is 2.23. The summed E-state index contributed by atoms with van der Waals surface area (Å²) >= 11 is 0. The lowest BCUT2D eigenvalue weighted by Crippen LogP contribution is -3.10. The summed E-state index contributed by atoms with van der Waals surface area (Å²) in [6, 6.07) is 12.6. The van der Waals surface area contributed by atoms with Crippen LogP contribution in [0.1, 0.15) is 16.8 Å². The molecule has 112 valence electrons. The Labute approximate surface area is 127 Å². The molecule has 0 aliphatic carbocycles. The van der Waals surface area contributed by atoms with Crippen molar-refractivity contribution in [2.24, 2.45) is 0 Å². The monoisotopic (exact) mass is 299 g/mol. The molecule has 0 spiro atoms. The third-order valence-corrected chi connectivity index (χ3v) is 4.50. The van der Waals surface area contributed by atoms with Gasteiger partial charge in [0.1, 0.15) is 13.1 Å². The maximum atomic E-state index is 13.3. The molecule has 1 atom stereocenters. The second-order valence-electron chi connectivity index (χ2n) is 5.98. The second kappa shape index (κ2) is 5.21. The molecule has 0 radical (unpaired) electrons. The van der Waals surface area contributed by atoms with E-state index in [1.165, 1.54) is 39.2 Å². The average Bonchev–Trinajstić information content (AvgIpc) is 2.88. The molecule has 1 aromatic heterocycles. The number of halogens is 2. The normalized spacial score (nSPS) is 17.6. The fraction of sp³-hybridized carbons (Fsp3) is 0.222. The molecule has 0 amide bonds. The number of fused-ring (bicyclic) bond motifs is 3. The Kier molecular flexibility index (Phi) is 3.19. The summed E-state index contributed by atoms with van der Waals surface area (Å²) in [6.45, 7) is 2.61. The van der Waals surface area contributed by atoms with Crippen LogP contribution in [0.25, 0.3) is 10.9 Å². The van der Waals surface area contributed by atoms with Crippen LogP contribution in [-0.2, 0) is 19.5 Å². The van der Waals surface area contributed by atoms with Crippen molar-refractivity contribution in [2.75, 3.05) is 6.54 Å². The predicted octanol–water partition coefficient (Wildman–Crippen LogP) is 2.59. The van der Waals surface area contributed by atoms with Gasteiger partial charge in [-0.05, 0) is 23.8 Å². The van der Waals surface area contributed by atoms with Gasteiger partial charge in [-0.3, -0.25) is 0 Å². The lowest BCUT2D eigenvalue weighted by molar-refractivity contribution is -0.929. The van der Waals surface area contributed by atoms with E-state index in [1.807, 2.05) is 6.07 Å². The van der Waals surface area contributed by atoms with Crippen LogP contribution >= 0.6 is 0 Å². The largest absolute Gasteiger partial charge is 0.354 e. The number of aromatic nitrogens is 1. The molecule has 3 aromatic rings. The average molecular weight is 299 g/mol. The van der Waals surface area contributed by atoms with Gasteiger partial charge in [0.15, 0.2) is 11.6 Å². The molecule has 2 N–H and O–H groups in total. The number of H-pyrrole nitrogens is 1. The van der Waals surface area contributed by atoms with Gasteiger partial charge in [0.05, 0.1) is 12.2 Å². The first-order valence-electron chi connectivity index (χ1n) is 7.56. The van der Waals surface area contributed by atoms with E-state index in [-0.39, 0.29) is 0 Å². The Morgan fingerprint density at radius 1 is 1.05 bits per heavy atom. The lowest BCUT2D eigenvalue weighted by Gasteiger charge is -2.24. The number of rotatable bonds is 2. The Hall–Kier alpha value is -2.20. The van der Waals surface area contributed by atoms with Crippen LogP contribution in [0.15, 0.2) is 42.5 Å². The topological polar surface area (TPSA) is 20.2 Å². The molecule has 0 saturated heterocycles. The Bertz CT molecular complexity index is 838. The molecular formula is C18H17F2N2+. The maximum absolute atomic E-state index is 13.3. The molecule has 1 aliphatic heterocycles. The molecule has 4 rings (SSSR count). The molecule has 22 heavy (non-hydrogen) atoms. The zero-order chi connectivity index (χ0) is 15.1. The van der Waals surface area contributed by atoms with E-state index in [2.05, 4.69) is 23.2 Å². The van der Waals surface area contributed by atoms with Gasteiger partial charge in [0.25, 0.3) is 0 Å². The number of para-hydroxylation sites is 1. The minimum Gasteiger partial charge on any atom is -0.354 e. The van der Waals surface area contributed by atoms with E-state index in [4.69, 9.17) is 0 Å². The summed E-state index contributed by atoms with van der Waals surface area (Å²) in [5.74, 6) is -1.55. The lowest BCUT2D eigenvalue weighted by atomic mass is 10.0. The van der Waals surface area contributed by atoms with Gasteiger partial charge in [-0.1, -0.05) is 24.3 Å². The SMILES string of the molecule is Fc1ccc(C[NH+]2CCc3c([nH]c4ccccc34)C2)cc1F. The first-order valence-corrected chi connectivity index (χ1v) is 7.56. The van der Waals surface area contributed by atoms with Gasteiger partial charge >= 0.3 is 0 Å². The smallest absolute Gasteiger partial charge is 0.159 e. The van der Waals surface area contributed by atoms with Crippen molar-refractivity contribution >= 4 is 10.9 Å². The Balaban J connectivity index is 1.57. The first-order chi connectivity index (χ1) is 10.7. The van der Waals surface area contributed by atoms with Crippen molar-refractivity contribution in [2.45, 2.75) is 19.5 Å². The number of hydrogen-bond acceptors (Lipinski definition) is 0. The second-order valence-corrected chi connectivity index (χ2v) is 5.98. The van der Waals surface area contributed by atoms with Crippen molar-refractivity contribution in [1.29, 1.82) is 0 Å². The first kappa shape index (κ1) is 13.5. The van der Waals surface area contributed by atoms with Crippen LogP contribution in [0.3, 0.4) is 0 Å². The number of hydrogen-bond donors (Lipinski definition) is 2. The van der Waals surface area contributed by atoms with E-state index in [0.717, 1.165) is 25.1 Å². The maximum Gasteiger partial charge on any atom is 0.159 e. The summed E-state index contributed by atoms with van der Waals surface area (Å²) in [4.78, 5) is 4.86. The summed E-state index contributed by atoms with van der Waals surface area (Å²) in [5.41, 5.74) is 4.70. The van der Waals surface area contributed by atoms with Crippen molar-refractivity contribution in [3.05, 3.63) is 70.9 Å². The minimum absolute atomic E-state index is 0.714. The summed E-state index contributed by atoms with van der Waals surface area (Å²) < 4.78 is 26.3. The van der Waals surface area contributed by atoms with Gasteiger partial charge in [0, 0.05) is 22.9 Å². The van der Waals surface area contributed by atoms with Gasteiger partial charge in [-0.2, -0.15) is 0 Å². The van der Waals surface area contributed by atoms with Crippen LogP contribution in [0.2, 0.25) is 0 Å². The number of aromatic amines is 1. The van der Waals surface area contributed by atoms with Crippen LogP contribution in [0, 0.1) is 11.6 Å². The van der Waals surface area contributed by atoms with Gasteiger partial charge in [0.2, 0.25) is 0 Å². The van der Waals surface area contributed by atoms with Gasteiger partial charge in [-0.15, -0.1) is 0 Å². The van der Waals surface area contributed by atoms with Gasteiger partial charge in [-0.25, -0.2) is 8.78 Å². The number of benzene rings is 2. The van der Waals surface area contributed by atoms with E-state index in [1.54, 1.807) is 6.07 Å². The van der Waals surface area contributed by atoms with E-state index in [0.29, 0.717) is 6.54 Å². The molecule has 0 saturated carbocycles. The van der Waals surface area contributed by atoms with Crippen molar-refractivity contribution in [3.63, 3.8) is 0 Å². The van der Waals surface area contributed by atoms with E-state index < -0.39 is 11.6 Å². The molecule has 1 unspecified atom stereocenters. The molecule has 2 aromatic carbocycles. The third-order valence-electron chi connectivity index (χ3n) is 4.50. The predicted molar refractivity (Wildman–Crippen MR) is 81.6 cm³/mol. The van der Waals surface area contributed by atoms with Crippen LogP contribution in [0.5, 0.6) is 0 Å². The molecule has 1 aliphatic rings. The highest BCUT2D eigenvalue weighted by molar-refractivity contribution is 5.84. The fourth-order valence-corrected chi connectivity index (χ4v) is 3.42. The van der Waals surface area contributed by atoms with Gasteiger partial charge < -0.3 is 9.88 Å². The fourth-order valence-electron chi connectivity index (χ4n) is 3.42. The highest BCUT2D eigenvalue weighted by atomic mass is 19.2. The Morgan fingerprint density at radius 3 is 2.77 bits per heavy atom. The quantitative estimate of drug-likeness (QED) is 0.725. The number of nitrogens with one attached hydrogen (secondary N) is 2. The van der Waals surface area contributed by atoms with Crippen LogP contribution in [-0.4, -0.2) is 11.5 Å². The van der Waals surface area contributed by atoms with Crippen LogP contribution < -0.4 is 4.90 Å². The zero-order valence-electron chi connectivity index (χ0n) is 12.1. The molecule has 2 heterocycles. The summed E-state index contributed by atoms with van der Waals surface area (Å²) in [5, 5.41) is 1.31. The summed E-state index contributed by atoms with van der Waals surface area (Å²) in [7, 11) is 0. The van der Waals surface area contributed by atoms with Crippen molar-refractivity contribution < 1.29 is 13.7 Å². The molecule has 0 fully saturated rings. The standard InChI is InChI=1S/C18H16F2N2/c19-15-6-5-12(9-16(15)20)10-22-8-7-14-13-3-1-2-4-17(13)21-18(14)11-22/h1-6,9,21H,7-8,10-11H2/p+1. The third kappa shape index (κ3) is 2.29.